The summed E-state index contributed by atoms with van der Waals surface area (Å²) < 4.78 is 2.58. The highest BCUT2D eigenvalue weighted by Gasteiger charge is 2.18. The maximum absolute atomic E-state index is 5.38. The Balaban J connectivity index is 1.01. The van der Waals surface area contributed by atoms with Gasteiger partial charge in [0.05, 0.1) is 22.4 Å². The molecule has 0 spiro atoms. The molecule has 0 unspecified atom stereocenters. The second kappa shape index (κ2) is 14.3. The van der Waals surface area contributed by atoms with Gasteiger partial charge in [-0.2, -0.15) is 0 Å². The zero-order valence-corrected chi connectivity index (χ0v) is 32.3. The van der Waals surface area contributed by atoms with Gasteiger partial charge in [0, 0.05) is 53.7 Å². The van der Waals surface area contributed by atoms with Gasteiger partial charge in [-0.15, -0.1) is 11.3 Å². The highest BCUT2D eigenvalue weighted by Crippen LogP contribution is 2.42. The largest absolute Gasteiger partial charge is 0.310 e. The van der Waals surface area contributed by atoms with Crippen molar-refractivity contribution in [2.75, 3.05) is 4.90 Å². The molecule has 0 radical (unpaired) electrons. The second-order valence-corrected chi connectivity index (χ2v) is 15.7. The molecule has 0 aliphatic heterocycles. The minimum atomic E-state index is 0.878. The van der Waals surface area contributed by atoms with Crippen molar-refractivity contribution in [1.29, 1.82) is 0 Å². The lowest BCUT2D eigenvalue weighted by Crippen LogP contribution is -2.09. The lowest BCUT2D eigenvalue weighted by atomic mass is 9.98. The predicted octanol–water partition coefficient (Wildman–Crippen LogP) is 15.3. The summed E-state index contributed by atoms with van der Waals surface area (Å²) in [6.07, 6.45) is 0. The van der Waals surface area contributed by atoms with Gasteiger partial charge in [0.2, 0.25) is 0 Å². The third kappa shape index (κ3) is 6.08. The van der Waals surface area contributed by atoms with Crippen molar-refractivity contribution in [2.45, 2.75) is 0 Å². The van der Waals surface area contributed by atoms with Gasteiger partial charge in [-0.3, -0.25) is 0 Å². The van der Waals surface area contributed by atoms with E-state index >= 15 is 0 Å². The quantitative estimate of drug-likeness (QED) is 0.152. The van der Waals surface area contributed by atoms with Crippen LogP contribution in [0.3, 0.4) is 0 Å². The Morgan fingerprint density at radius 1 is 0.328 bits per heavy atom. The highest BCUT2D eigenvalue weighted by atomic mass is 32.1. The van der Waals surface area contributed by atoms with E-state index in [-0.39, 0.29) is 0 Å². The summed E-state index contributed by atoms with van der Waals surface area (Å²) in [5.41, 5.74) is 13.6. The fourth-order valence-corrected chi connectivity index (χ4v) is 9.29. The van der Waals surface area contributed by atoms with Crippen LogP contribution >= 0.6 is 11.3 Å². The fourth-order valence-electron chi connectivity index (χ4n) is 8.15. The van der Waals surface area contributed by atoms with Crippen LogP contribution in [0, 0.1) is 0 Å². The monoisotopic (exact) mass is 757 g/mol. The van der Waals surface area contributed by atoms with Crippen LogP contribution in [0.5, 0.6) is 0 Å². The smallest absolute Gasteiger partial charge is 0.0973 e. The number of fused-ring (bicyclic) bond motifs is 6. The molecule has 11 rings (SSSR count). The van der Waals surface area contributed by atoms with Crippen LogP contribution in [-0.4, -0.2) is 9.97 Å². The maximum atomic E-state index is 5.38. The molecule has 58 heavy (non-hydrogen) atoms. The first-order valence-electron chi connectivity index (χ1n) is 19.6. The Bertz CT molecular complexity index is 3250. The Morgan fingerprint density at radius 2 is 0.828 bits per heavy atom. The number of rotatable bonds is 7. The summed E-state index contributed by atoms with van der Waals surface area (Å²) in [4.78, 5) is 13.0. The molecule has 0 aliphatic rings. The van der Waals surface area contributed by atoms with Gasteiger partial charge < -0.3 is 4.90 Å². The van der Waals surface area contributed by atoms with Crippen molar-refractivity contribution in [2.24, 2.45) is 0 Å². The molecule has 0 atom stereocenters. The van der Waals surface area contributed by atoms with E-state index < -0.39 is 0 Å². The first-order valence-corrected chi connectivity index (χ1v) is 20.4. The summed E-state index contributed by atoms with van der Waals surface area (Å²) in [5.74, 6) is 0. The molecule has 0 saturated heterocycles. The summed E-state index contributed by atoms with van der Waals surface area (Å²) >= 11 is 1.85. The SMILES string of the molecule is c1ccc(-c2ccc(N(c3ccc(-c4ccc5ccc6nc(-c7ccccc7)c(-c7ccccc7)nc6c5c4)cc3)c3ccc4c(c3)sc3ccccc34)cc2)cc1. The van der Waals surface area contributed by atoms with E-state index in [1.807, 2.05) is 23.5 Å². The molecule has 9 aromatic carbocycles. The van der Waals surface area contributed by atoms with E-state index in [0.29, 0.717) is 0 Å². The first-order chi connectivity index (χ1) is 28.7. The van der Waals surface area contributed by atoms with Crippen molar-refractivity contribution >= 4 is 70.4 Å². The second-order valence-electron chi connectivity index (χ2n) is 14.6. The Kier molecular flexibility index (Phi) is 8.34. The van der Waals surface area contributed by atoms with Gasteiger partial charge in [-0.1, -0.05) is 158 Å². The molecular formula is C54H35N3S. The average Bonchev–Trinajstić information content (AvgIpc) is 3.68. The molecule has 0 saturated carbocycles. The summed E-state index contributed by atoms with van der Waals surface area (Å²) in [7, 11) is 0. The predicted molar refractivity (Wildman–Crippen MR) is 246 cm³/mol. The molecule has 4 heteroatoms. The van der Waals surface area contributed by atoms with Crippen LogP contribution in [0.25, 0.3) is 86.7 Å². The minimum Gasteiger partial charge on any atom is -0.310 e. The van der Waals surface area contributed by atoms with Crippen LogP contribution in [0.15, 0.2) is 212 Å². The van der Waals surface area contributed by atoms with Gasteiger partial charge in [0.25, 0.3) is 0 Å². The van der Waals surface area contributed by atoms with Crippen molar-refractivity contribution in [1.82, 2.24) is 9.97 Å². The standard InChI is InChI=1S/C54H35N3S/c1-4-12-36(13-5-1)37-22-27-43(28-23-37)57(45-31-32-47-46-18-10-11-19-50(46)58-51(47)35-45)44-29-24-38(25-30-44)42-21-20-39-26-33-49-54(48(39)34-42)56-53(41-16-8-3-9-17-41)52(55-49)40-14-6-2-7-15-40/h1-35H. The lowest BCUT2D eigenvalue weighted by Gasteiger charge is -2.26. The number of hydrogen-bond acceptors (Lipinski definition) is 4. The third-order valence-electron chi connectivity index (χ3n) is 11.1. The first kappa shape index (κ1) is 33.9. The van der Waals surface area contributed by atoms with Crippen molar-refractivity contribution in [3.63, 3.8) is 0 Å². The van der Waals surface area contributed by atoms with Gasteiger partial charge in [-0.05, 0) is 82.2 Å². The maximum Gasteiger partial charge on any atom is 0.0973 e. The van der Waals surface area contributed by atoms with E-state index in [1.165, 1.54) is 31.3 Å². The topological polar surface area (TPSA) is 29.0 Å². The molecule has 3 nitrogen and oxygen atoms in total. The van der Waals surface area contributed by atoms with Gasteiger partial charge >= 0.3 is 0 Å². The number of benzene rings is 9. The number of aromatic nitrogens is 2. The van der Waals surface area contributed by atoms with Crippen LogP contribution < -0.4 is 4.90 Å². The molecule has 0 N–H and O–H groups in total. The molecular weight excluding hydrogens is 723 g/mol. The van der Waals surface area contributed by atoms with Crippen LogP contribution in [0.4, 0.5) is 17.1 Å². The number of hydrogen-bond donors (Lipinski definition) is 0. The molecule has 2 aromatic heterocycles. The normalized spacial score (nSPS) is 11.4. The average molecular weight is 758 g/mol. The van der Waals surface area contributed by atoms with E-state index in [0.717, 1.165) is 72.5 Å². The van der Waals surface area contributed by atoms with E-state index in [4.69, 9.17) is 9.97 Å². The molecule has 0 fully saturated rings. The molecule has 11 aromatic rings. The van der Waals surface area contributed by atoms with Crippen molar-refractivity contribution in [3.8, 4) is 44.8 Å². The summed E-state index contributed by atoms with van der Waals surface area (Å²) in [5, 5.41) is 4.81. The molecule has 272 valence electrons. The zero-order valence-electron chi connectivity index (χ0n) is 31.5. The molecule has 0 amide bonds. The Morgan fingerprint density at radius 3 is 1.50 bits per heavy atom. The van der Waals surface area contributed by atoms with Crippen LogP contribution in [-0.2, 0) is 0 Å². The number of nitrogens with zero attached hydrogens (tertiary/aromatic N) is 3. The number of thiophene rings is 1. The highest BCUT2D eigenvalue weighted by molar-refractivity contribution is 7.25. The van der Waals surface area contributed by atoms with Crippen molar-refractivity contribution in [3.05, 3.63) is 212 Å². The number of anilines is 3. The fraction of sp³-hybridized carbons (Fsp3) is 0. The third-order valence-corrected chi connectivity index (χ3v) is 12.2. The zero-order chi connectivity index (χ0) is 38.4. The van der Waals surface area contributed by atoms with E-state index in [1.54, 1.807) is 0 Å². The van der Waals surface area contributed by atoms with Gasteiger partial charge in [0.15, 0.2) is 0 Å². The van der Waals surface area contributed by atoms with Gasteiger partial charge in [0.1, 0.15) is 0 Å². The summed E-state index contributed by atoms with van der Waals surface area (Å²) in [6, 6.07) is 75.6. The van der Waals surface area contributed by atoms with E-state index in [2.05, 4.69) is 205 Å². The molecule has 2 heterocycles. The van der Waals surface area contributed by atoms with Gasteiger partial charge in [-0.25, -0.2) is 9.97 Å². The Hall–Kier alpha value is -7.40. The van der Waals surface area contributed by atoms with Crippen LogP contribution in [0.2, 0.25) is 0 Å². The molecule has 0 aliphatic carbocycles. The molecule has 0 bridgehead atoms. The Labute approximate surface area is 340 Å². The van der Waals surface area contributed by atoms with Crippen LogP contribution in [0.1, 0.15) is 0 Å². The lowest BCUT2D eigenvalue weighted by molar-refractivity contribution is 1.29. The summed E-state index contributed by atoms with van der Waals surface area (Å²) in [6.45, 7) is 0. The van der Waals surface area contributed by atoms with Crippen molar-refractivity contribution < 1.29 is 0 Å². The van der Waals surface area contributed by atoms with E-state index in [9.17, 15) is 0 Å². The minimum absolute atomic E-state index is 0.878.